The lowest BCUT2D eigenvalue weighted by molar-refractivity contribution is 0.102. The molecule has 3 heterocycles. The van der Waals surface area contributed by atoms with Gasteiger partial charge in [-0.15, -0.1) is 0 Å². The van der Waals surface area contributed by atoms with Gasteiger partial charge in [-0.1, -0.05) is 35.9 Å². The second-order valence-corrected chi connectivity index (χ2v) is 9.08. The average molecular weight is 537 g/mol. The second-order valence-electron chi connectivity index (χ2n) is 8.72. The Morgan fingerprint density at radius 1 is 1.03 bits per heavy atom. The minimum absolute atomic E-state index is 0.241. The van der Waals surface area contributed by atoms with Crippen molar-refractivity contribution in [2.75, 3.05) is 12.4 Å². The maximum atomic E-state index is 13.0. The molecule has 3 aromatic heterocycles. The van der Waals surface area contributed by atoms with Crippen molar-refractivity contribution in [3.05, 3.63) is 108 Å². The van der Waals surface area contributed by atoms with E-state index < -0.39 is 0 Å². The van der Waals surface area contributed by atoms with Gasteiger partial charge in [0.15, 0.2) is 23.1 Å². The second kappa shape index (κ2) is 10.4. The molecule has 0 aliphatic rings. The summed E-state index contributed by atoms with van der Waals surface area (Å²) in [5.74, 6) is 1.59. The van der Waals surface area contributed by atoms with Crippen molar-refractivity contribution in [3.63, 3.8) is 0 Å². The van der Waals surface area contributed by atoms with E-state index >= 15 is 0 Å². The van der Waals surface area contributed by atoms with Gasteiger partial charge < -0.3 is 14.5 Å². The Morgan fingerprint density at radius 3 is 2.59 bits per heavy atom. The van der Waals surface area contributed by atoms with Crippen LogP contribution in [0.3, 0.4) is 0 Å². The molecule has 3 aromatic carbocycles. The monoisotopic (exact) mass is 536 g/mol. The Morgan fingerprint density at radius 2 is 1.85 bits per heavy atom. The normalized spacial score (nSPS) is 11.0. The van der Waals surface area contributed by atoms with E-state index in [1.54, 1.807) is 48.3 Å². The van der Waals surface area contributed by atoms with Crippen LogP contribution in [-0.2, 0) is 6.54 Å². The fraction of sp³-hybridized carbons (Fsp3) is 0.0690. The third-order valence-corrected chi connectivity index (χ3v) is 6.38. The van der Waals surface area contributed by atoms with Gasteiger partial charge >= 0.3 is 0 Å². The molecule has 6 aromatic rings. The molecule has 9 nitrogen and oxygen atoms in total. The lowest BCUT2D eigenvalue weighted by Gasteiger charge is -2.08. The van der Waals surface area contributed by atoms with Crippen LogP contribution in [-0.4, -0.2) is 37.7 Å². The minimum atomic E-state index is -0.260. The number of hydrogen-bond donors (Lipinski definition) is 1. The molecule has 0 fully saturated rings. The number of amides is 1. The van der Waals surface area contributed by atoms with Crippen LogP contribution in [0.15, 0.2) is 96.0 Å². The molecule has 0 aliphatic heterocycles. The van der Waals surface area contributed by atoms with Gasteiger partial charge in [0.05, 0.1) is 26.0 Å². The number of aromatic nitrogens is 5. The lowest BCUT2D eigenvalue weighted by atomic mass is 10.1. The zero-order chi connectivity index (χ0) is 26.8. The van der Waals surface area contributed by atoms with Gasteiger partial charge in [-0.05, 0) is 54.1 Å². The van der Waals surface area contributed by atoms with Crippen molar-refractivity contribution in [1.29, 1.82) is 0 Å². The number of oxazole rings is 1. The Kier molecular flexibility index (Phi) is 6.48. The summed E-state index contributed by atoms with van der Waals surface area (Å²) in [5, 5.41) is 7.71. The number of methoxy groups -OCH3 is 1. The van der Waals surface area contributed by atoms with E-state index in [1.807, 2.05) is 48.7 Å². The molecule has 0 aliphatic carbocycles. The molecule has 0 saturated heterocycles. The number of fused-ring (bicyclic) bond motifs is 1. The molecule has 0 radical (unpaired) electrons. The number of carbonyl (C=O) groups excluding carboxylic acids is 1. The third kappa shape index (κ3) is 5.21. The van der Waals surface area contributed by atoms with E-state index in [1.165, 1.54) is 6.39 Å². The molecular formula is C29H21ClN6O3. The standard InChI is InChI=1S/C29H21ClN6O3/c1-38-23-11-5-18(6-12-23)15-36-16-24-26(35-36)27(30)34-28(33-24)20-3-2-4-21(13-20)29(37)32-22-9-7-19(8-10-22)25-14-31-17-39-25/h2-14,16-17H,15H2,1H3,(H,32,37). The number of rotatable bonds is 7. The van der Waals surface area contributed by atoms with Crippen molar-refractivity contribution in [1.82, 2.24) is 24.7 Å². The quantitative estimate of drug-likeness (QED) is 0.245. The molecular weight excluding hydrogens is 516 g/mol. The molecule has 192 valence electrons. The summed E-state index contributed by atoms with van der Waals surface area (Å²) >= 11 is 6.49. The molecule has 1 N–H and O–H groups in total. The smallest absolute Gasteiger partial charge is 0.255 e. The summed E-state index contributed by atoms with van der Waals surface area (Å²) in [6.07, 6.45) is 4.84. The van der Waals surface area contributed by atoms with E-state index in [4.69, 9.17) is 20.8 Å². The molecule has 10 heteroatoms. The number of nitrogens with one attached hydrogen (secondary N) is 1. The molecule has 0 saturated carbocycles. The number of nitrogens with zero attached hydrogens (tertiary/aromatic N) is 5. The van der Waals surface area contributed by atoms with Gasteiger partial charge in [-0.25, -0.2) is 15.0 Å². The van der Waals surface area contributed by atoms with Crippen molar-refractivity contribution in [3.8, 4) is 28.5 Å². The first-order valence-corrected chi connectivity index (χ1v) is 12.4. The van der Waals surface area contributed by atoms with Crippen molar-refractivity contribution < 1.29 is 13.9 Å². The van der Waals surface area contributed by atoms with Crippen molar-refractivity contribution in [2.24, 2.45) is 0 Å². The predicted octanol–water partition coefficient (Wildman–Crippen LogP) is 6.11. The summed E-state index contributed by atoms with van der Waals surface area (Å²) in [5.41, 5.74) is 4.82. The zero-order valence-electron chi connectivity index (χ0n) is 20.7. The fourth-order valence-corrected chi connectivity index (χ4v) is 4.35. The highest BCUT2D eigenvalue weighted by atomic mass is 35.5. The third-order valence-electron chi connectivity index (χ3n) is 6.11. The van der Waals surface area contributed by atoms with Gasteiger partial charge in [0.1, 0.15) is 16.8 Å². The molecule has 0 spiro atoms. The van der Waals surface area contributed by atoms with E-state index in [2.05, 4.69) is 25.4 Å². The van der Waals surface area contributed by atoms with Crippen molar-refractivity contribution >= 4 is 34.2 Å². The first kappa shape index (κ1) is 24.3. The number of anilines is 1. The van der Waals surface area contributed by atoms with E-state index in [0.717, 1.165) is 16.9 Å². The van der Waals surface area contributed by atoms with Crippen LogP contribution >= 0.6 is 11.6 Å². The molecule has 0 bridgehead atoms. The van der Waals surface area contributed by atoms with E-state index in [0.29, 0.717) is 46.0 Å². The Bertz CT molecular complexity index is 1760. The molecule has 39 heavy (non-hydrogen) atoms. The summed E-state index contributed by atoms with van der Waals surface area (Å²) in [7, 11) is 1.63. The SMILES string of the molecule is COc1ccc(Cn2cc3nc(-c4cccc(C(=O)Nc5ccc(-c6cnco6)cc5)c4)nc(Cl)c3n2)cc1. The lowest BCUT2D eigenvalue weighted by Crippen LogP contribution is -2.11. The zero-order valence-corrected chi connectivity index (χ0v) is 21.5. The first-order chi connectivity index (χ1) is 19.1. The summed E-state index contributed by atoms with van der Waals surface area (Å²) < 4.78 is 12.3. The average Bonchev–Trinajstić information content (AvgIpc) is 3.65. The summed E-state index contributed by atoms with van der Waals surface area (Å²) in [6, 6.07) is 22.2. The number of halogens is 1. The minimum Gasteiger partial charge on any atom is -0.497 e. The van der Waals surface area contributed by atoms with Gasteiger partial charge in [0, 0.05) is 22.4 Å². The molecule has 6 rings (SSSR count). The van der Waals surface area contributed by atoms with Crippen LogP contribution in [0.25, 0.3) is 33.7 Å². The molecule has 0 unspecified atom stereocenters. The number of benzene rings is 3. The van der Waals surface area contributed by atoms with Crippen LogP contribution in [0.5, 0.6) is 5.75 Å². The topological polar surface area (TPSA) is 108 Å². The van der Waals surface area contributed by atoms with Gasteiger partial charge in [0.2, 0.25) is 0 Å². The van der Waals surface area contributed by atoms with Crippen molar-refractivity contribution in [2.45, 2.75) is 6.54 Å². The van der Waals surface area contributed by atoms with Gasteiger partial charge in [0.25, 0.3) is 5.91 Å². The van der Waals surface area contributed by atoms with E-state index in [9.17, 15) is 4.79 Å². The number of carbonyl (C=O) groups is 1. The fourth-order valence-electron chi connectivity index (χ4n) is 4.13. The number of ether oxygens (including phenoxy) is 1. The predicted molar refractivity (Wildman–Crippen MR) is 148 cm³/mol. The summed E-state index contributed by atoms with van der Waals surface area (Å²) in [6.45, 7) is 0.543. The highest BCUT2D eigenvalue weighted by Gasteiger charge is 2.14. The Hall–Kier alpha value is -5.02. The van der Waals surface area contributed by atoms with Crippen LogP contribution in [0.2, 0.25) is 5.15 Å². The highest BCUT2D eigenvalue weighted by Crippen LogP contribution is 2.26. The maximum absolute atomic E-state index is 13.0. The van der Waals surface area contributed by atoms with Gasteiger partial charge in [-0.2, -0.15) is 5.10 Å². The Labute approximate surface area is 228 Å². The molecule has 0 atom stereocenters. The van der Waals surface area contributed by atoms with E-state index in [-0.39, 0.29) is 11.1 Å². The number of hydrogen-bond acceptors (Lipinski definition) is 7. The Balaban J connectivity index is 1.21. The summed E-state index contributed by atoms with van der Waals surface area (Å²) in [4.78, 5) is 26.0. The van der Waals surface area contributed by atoms with Crippen LogP contribution < -0.4 is 10.1 Å². The van der Waals surface area contributed by atoms with Crippen LogP contribution in [0.1, 0.15) is 15.9 Å². The highest BCUT2D eigenvalue weighted by molar-refractivity contribution is 6.33. The molecule has 1 amide bonds. The maximum Gasteiger partial charge on any atom is 0.255 e. The van der Waals surface area contributed by atoms with Crippen LogP contribution in [0.4, 0.5) is 5.69 Å². The van der Waals surface area contributed by atoms with Gasteiger partial charge in [-0.3, -0.25) is 9.48 Å². The van der Waals surface area contributed by atoms with Crippen LogP contribution in [0, 0.1) is 0 Å². The first-order valence-electron chi connectivity index (χ1n) is 12.0. The largest absolute Gasteiger partial charge is 0.497 e.